The number of aromatic nitrogens is 2. The van der Waals surface area contributed by atoms with Crippen molar-refractivity contribution in [3.63, 3.8) is 0 Å². The lowest BCUT2D eigenvalue weighted by atomic mass is 10.1. The van der Waals surface area contributed by atoms with E-state index in [9.17, 15) is 26.9 Å². The van der Waals surface area contributed by atoms with Crippen LogP contribution in [-0.2, 0) is 25.9 Å². The van der Waals surface area contributed by atoms with Gasteiger partial charge in [0.15, 0.2) is 0 Å². The highest BCUT2D eigenvalue weighted by atomic mass is 35.7. The van der Waals surface area contributed by atoms with E-state index < -0.39 is 46.0 Å². The summed E-state index contributed by atoms with van der Waals surface area (Å²) < 4.78 is 47.0. The fraction of sp³-hybridized carbons (Fsp3) is 0.667. The highest BCUT2D eigenvalue weighted by Gasteiger charge is 2.36. The van der Waals surface area contributed by atoms with Gasteiger partial charge in [0.2, 0.25) is 23.9 Å². The van der Waals surface area contributed by atoms with Crippen molar-refractivity contribution in [1.29, 1.82) is 0 Å². The molecule has 0 aliphatic carbocycles. The Morgan fingerprint density at radius 2 is 1.81 bits per heavy atom. The normalized spacial score (nSPS) is 12.8. The number of nitro groups is 1. The maximum Gasteiger partial charge on any atom is 0.329 e. The molecule has 0 amide bonds. The first-order chi connectivity index (χ1) is 9.37. The number of sulfone groups is 1. The monoisotopic (exact) mass is 359 g/mol. The Labute approximate surface area is 126 Å². The lowest BCUT2D eigenvalue weighted by Crippen LogP contribution is -2.18. The van der Waals surface area contributed by atoms with Gasteiger partial charge in [-0.1, -0.05) is 13.8 Å². The summed E-state index contributed by atoms with van der Waals surface area (Å²) in [5, 5.41) is 14.4. The van der Waals surface area contributed by atoms with E-state index in [-0.39, 0.29) is 11.6 Å². The second kappa shape index (κ2) is 5.89. The summed E-state index contributed by atoms with van der Waals surface area (Å²) in [5.41, 5.74) is -0.603. The highest BCUT2D eigenvalue weighted by Crippen LogP contribution is 2.32. The molecule has 0 aliphatic rings. The van der Waals surface area contributed by atoms with Crippen LogP contribution in [0.3, 0.4) is 0 Å². The Hall–Kier alpha value is -1.20. The lowest BCUT2D eigenvalue weighted by molar-refractivity contribution is -0.388. The fourth-order valence-electron chi connectivity index (χ4n) is 1.73. The summed E-state index contributed by atoms with van der Waals surface area (Å²) >= 11 is 0. The zero-order valence-electron chi connectivity index (χ0n) is 11.5. The molecular weight excluding hydrogens is 346 g/mol. The van der Waals surface area contributed by atoms with Gasteiger partial charge in [0, 0.05) is 23.6 Å². The van der Waals surface area contributed by atoms with E-state index in [2.05, 4.69) is 5.10 Å². The quantitative estimate of drug-likeness (QED) is 0.417. The largest absolute Gasteiger partial charge is 0.329 e. The van der Waals surface area contributed by atoms with Crippen LogP contribution in [0.2, 0.25) is 0 Å². The maximum atomic E-state index is 12.2. The van der Waals surface area contributed by atoms with Gasteiger partial charge >= 0.3 is 5.69 Å². The summed E-state index contributed by atoms with van der Waals surface area (Å²) in [4.78, 5) is 10.3. The predicted molar refractivity (Wildman–Crippen MR) is 75.6 cm³/mol. The molecule has 0 atom stereocenters. The zero-order chi connectivity index (χ0) is 16.6. The minimum absolute atomic E-state index is 0.0230. The van der Waals surface area contributed by atoms with Crippen LogP contribution in [-0.4, -0.2) is 43.0 Å². The molecular formula is C9H14ClN3O6S2. The van der Waals surface area contributed by atoms with Crippen molar-refractivity contribution in [3.8, 4) is 0 Å². The lowest BCUT2D eigenvalue weighted by Gasteiger charge is -2.03. The summed E-state index contributed by atoms with van der Waals surface area (Å²) in [5.74, 6) is -2.05. The van der Waals surface area contributed by atoms with Crippen molar-refractivity contribution < 1.29 is 21.8 Å². The Kier molecular flexibility index (Phi) is 5.01. The smallest absolute Gasteiger partial charge is 0.258 e. The van der Waals surface area contributed by atoms with Crippen molar-refractivity contribution in [2.45, 2.75) is 24.8 Å². The minimum Gasteiger partial charge on any atom is -0.258 e. The molecule has 0 unspecified atom stereocenters. The molecule has 0 aliphatic heterocycles. The standard InChI is InChI=1S/C9H14ClN3O6S2/c1-6(2)7-8(13(14)15)9(12(3)11-7)20(16,17)4-5-21(10,18)19/h6H,4-5H2,1-3H3. The zero-order valence-corrected chi connectivity index (χ0v) is 13.9. The molecule has 1 aromatic heterocycles. The van der Waals surface area contributed by atoms with Crippen molar-refractivity contribution in [2.75, 3.05) is 11.5 Å². The Balaban J connectivity index is 3.45. The minimum atomic E-state index is -4.22. The van der Waals surface area contributed by atoms with Crippen molar-refractivity contribution in [3.05, 3.63) is 15.8 Å². The molecule has 12 heteroatoms. The van der Waals surface area contributed by atoms with Crippen molar-refractivity contribution >= 4 is 35.3 Å². The van der Waals surface area contributed by atoms with E-state index in [0.29, 0.717) is 0 Å². The fourth-order valence-corrected chi connectivity index (χ4v) is 5.08. The van der Waals surface area contributed by atoms with E-state index in [1.807, 2.05) is 0 Å². The number of hydrogen-bond donors (Lipinski definition) is 0. The molecule has 0 saturated carbocycles. The topological polar surface area (TPSA) is 129 Å². The molecule has 0 spiro atoms. The van der Waals surface area contributed by atoms with Crippen LogP contribution >= 0.6 is 10.7 Å². The van der Waals surface area contributed by atoms with E-state index in [1.165, 1.54) is 7.05 Å². The molecule has 0 bridgehead atoms. The van der Waals surface area contributed by atoms with Gasteiger partial charge in [-0.3, -0.25) is 14.8 Å². The third-order valence-electron chi connectivity index (χ3n) is 2.62. The highest BCUT2D eigenvalue weighted by molar-refractivity contribution is 8.14. The van der Waals surface area contributed by atoms with Gasteiger partial charge < -0.3 is 0 Å². The molecule has 1 rings (SSSR count). The Bertz CT molecular complexity index is 766. The van der Waals surface area contributed by atoms with E-state index in [0.717, 1.165) is 4.68 Å². The second-order valence-corrected chi connectivity index (χ2v) is 9.56. The second-order valence-electron chi connectivity index (χ2n) is 4.64. The first-order valence-corrected chi connectivity index (χ1v) is 9.86. The van der Waals surface area contributed by atoms with Gasteiger partial charge in [-0.15, -0.1) is 0 Å². The third kappa shape index (κ3) is 4.14. The van der Waals surface area contributed by atoms with Crippen LogP contribution in [0.1, 0.15) is 25.5 Å². The van der Waals surface area contributed by atoms with Gasteiger partial charge in [0.05, 0.1) is 16.4 Å². The van der Waals surface area contributed by atoms with Crippen LogP contribution in [0.25, 0.3) is 0 Å². The van der Waals surface area contributed by atoms with Crippen LogP contribution in [0.15, 0.2) is 5.03 Å². The van der Waals surface area contributed by atoms with Crippen LogP contribution in [0, 0.1) is 10.1 Å². The number of aryl methyl sites for hydroxylation is 1. The third-order valence-corrected chi connectivity index (χ3v) is 5.82. The van der Waals surface area contributed by atoms with Gasteiger partial charge in [0.1, 0.15) is 5.69 Å². The number of rotatable bonds is 6. The number of halogens is 1. The first-order valence-electron chi connectivity index (χ1n) is 5.73. The molecule has 0 fully saturated rings. The average molecular weight is 360 g/mol. The van der Waals surface area contributed by atoms with Crippen molar-refractivity contribution in [2.24, 2.45) is 7.05 Å². The molecule has 0 aromatic carbocycles. The molecule has 0 N–H and O–H groups in total. The molecule has 9 nitrogen and oxygen atoms in total. The Morgan fingerprint density at radius 3 is 2.19 bits per heavy atom. The summed E-state index contributed by atoms with van der Waals surface area (Å²) in [6, 6.07) is 0. The predicted octanol–water partition coefficient (Wildman–Crippen LogP) is 0.794. The van der Waals surface area contributed by atoms with E-state index >= 15 is 0 Å². The maximum absolute atomic E-state index is 12.2. The Morgan fingerprint density at radius 1 is 1.29 bits per heavy atom. The van der Waals surface area contributed by atoms with E-state index in [4.69, 9.17) is 10.7 Å². The van der Waals surface area contributed by atoms with Crippen LogP contribution in [0.5, 0.6) is 0 Å². The first kappa shape index (κ1) is 17.9. The van der Waals surface area contributed by atoms with Gasteiger partial charge in [0.25, 0.3) is 0 Å². The van der Waals surface area contributed by atoms with Gasteiger partial charge in [-0.05, 0) is 0 Å². The number of nitrogens with zero attached hydrogens (tertiary/aromatic N) is 3. The molecule has 21 heavy (non-hydrogen) atoms. The molecule has 120 valence electrons. The summed E-state index contributed by atoms with van der Waals surface area (Å²) in [6.07, 6.45) is 0. The van der Waals surface area contributed by atoms with Crippen molar-refractivity contribution in [1.82, 2.24) is 9.78 Å². The molecule has 1 aromatic rings. The molecule has 0 saturated heterocycles. The summed E-state index contributed by atoms with van der Waals surface area (Å²) in [7, 11) is -2.02. The number of hydrogen-bond acceptors (Lipinski definition) is 7. The van der Waals surface area contributed by atoms with Gasteiger partial charge in [-0.25, -0.2) is 16.8 Å². The summed E-state index contributed by atoms with van der Waals surface area (Å²) in [6.45, 7) is 3.27. The SMILES string of the molecule is CC(C)c1nn(C)c(S(=O)(=O)CCS(=O)(=O)Cl)c1[N+](=O)[O-]. The average Bonchev–Trinajstić information content (AvgIpc) is 2.64. The van der Waals surface area contributed by atoms with Crippen LogP contribution in [0.4, 0.5) is 5.69 Å². The molecule has 1 heterocycles. The van der Waals surface area contributed by atoms with Gasteiger partial charge in [-0.2, -0.15) is 5.10 Å². The molecule has 0 radical (unpaired) electrons. The van der Waals surface area contributed by atoms with Crippen LogP contribution < -0.4 is 0 Å². The van der Waals surface area contributed by atoms with E-state index in [1.54, 1.807) is 13.8 Å².